The van der Waals surface area contributed by atoms with Crippen LogP contribution in [0.1, 0.15) is 23.7 Å². The lowest BCUT2D eigenvalue weighted by atomic mass is 10.1. The Balaban J connectivity index is 0.00000200. The number of hydrogen-bond acceptors (Lipinski definition) is 4. The molecule has 0 radical (unpaired) electrons. The zero-order valence-corrected chi connectivity index (χ0v) is 12.9. The number of ether oxygens (including phenoxy) is 1. The Kier molecular flexibility index (Phi) is 6.99. The number of carbonyl (C=O) groups is 1. The van der Waals surface area contributed by atoms with Crippen LogP contribution in [0.4, 0.5) is 0 Å². The third-order valence-electron chi connectivity index (χ3n) is 3.63. The number of benzene rings is 1. The van der Waals surface area contributed by atoms with Gasteiger partial charge in [-0.3, -0.25) is 9.69 Å². The van der Waals surface area contributed by atoms with E-state index in [1.54, 1.807) is 6.92 Å². The average molecular weight is 299 g/mol. The van der Waals surface area contributed by atoms with Crippen molar-refractivity contribution in [3.63, 3.8) is 0 Å². The molecular formula is C15H23ClN2O2. The SMILES string of the molecule is CC(=O)c1ccccc1OCCN(C)C1CCNC1.Cl. The molecule has 1 fully saturated rings. The zero-order chi connectivity index (χ0) is 13.7. The Bertz CT molecular complexity index is 434. The predicted molar refractivity (Wildman–Crippen MR) is 83.1 cm³/mol. The summed E-state index contributed by atoms with van der Waals surface area (Å²) in [7, 11) is 2.12. The monoisotopic (exact) mass is 298 g/mol. The van der Waals surface area contributed by atoms with Gasteiger partial charge in [0.2, 0.25) is 0 Å². The van der Waals surface area contributed by atoms with E-state index in [-0.39, 0.29) is 18.2 Å². The molecule has 0 bridgehead atoms. The van der Waals surface area contributed by atoms with Gasteiger partial charge in [-0.1, -0.05) is 12.1 Å². The van der Waals surface area contributed by atoms with Crippen LogP contribution < -0.4 is 10.1 Å². The third-order valence-corrected chi connectivity index (χ3v) is 3.63. The first-order valence-electron chi connectivity index (χ1n) is 6.82. The van der Waals surface area contributed by atoms with E-state index in [4.69, 9.17) is 4.74 Å². The van der Waals surface area contributed by atoms with Crippen LogP contribution in [0.25, 0.3) is 0 Å². The van der Waals surface area contributed by atoms with Gasteiger partial charge in [-0.05, 0) is 39.1 Å². The van der Waals surface area contributed by atoms with E-state index in [9.17, 15) is 4.79 Å². The van der Waals surface area contributed by atoms with E-state index >= 15 is 0 Å². The highest BCUT2D eigenvalue weighted by Gasteiger charge is 2.18. The Morgan fingerprint density at radius 1 is 1.45 bits per heavy atom. The summed E-state index contributed by atoms with van der Waals surface area (Å²) >= 11 is 0. The van der Waals surface area contributed by atoms with E-state index in [1.807, 2.05) is 24.3 Å². The van der Waals surface area contributed by atoms with Gasteiger partial charge < -0.3 is 10.1 Å². The molecule has 0 aliphatic carbocycles. The molecule has 1 aromatic rings. The van der Waals surface area contributed by atoms with Crippen molar-refractivity contribution in [2.24, 2.45) is 0 Å². The Morgan fingerprint density at radius 2 is 2.20 bits per heavy atom. The fourth-order valence-corrected chi connectivity index (χ4v) is 2.38. The van der Waals surface area contributed by atoms with Gasteiger partial charge in [0.05, 0.1) is 5.56 Å². The number of rotatable bonds is 6. The largest absolute Gasteiger partial charge is 0.491 e. The van der Waals surface area contributed by atoms with E-state index in [0.717, 1.165) is 19.6 Å². The molecule has 2 rings (SSSR count). The van der Waals surface area contributed by atoms with Crippen LogP contribution >= 0.6 is 12.4 Å². The molecule has 0 amide bonds. The van der Waals surface area contributed by atoms with Gasteiger partial charge in [-0.15, -0.1) is 12.4 Å². The van der Waals surface area contributed by atoms with Crippen LogP contribution in [0.3, 0.4) is 0 Å². The second-order valence-corrected chi connectivity index (χ2v) is 5.03. The number of ketones is 1. The number of carbonyl (C=O) groups excluding carboxylic acids is 1. The molecule has 4 nitrogen and oxygen atoms in total. The van der Waals surface area contributed by atoms with Crippen molar-refractivity contribution in [3.8, 4) is 5.75 Å². The zero-order valence-electron chi connectivity index (χ0n) is 12.1. The second-order valence-electron chi connectivity index (χ2n) is 5.03. The highest BCUT2D eigenvalue weighted by Crippen LogP contribution is 2.18. The van der Waals surface area contributed by atoms with Gasteiger partial charge in [-0.2, -0.15) is 0 Å². The van der Waals surface area contributed by atoms with Crippen molar-refractivity contribution in [2.45, 2.75) is 19.4 Å². The topological polar surface area (TPSA) is 41.6 Å². The van der Waals surface area contributed by atoms with Gasteiger partial charge in [0.15, 0.2) is 5.78 Å². The van der Waals surface area contributed by atoms with Crippen molar-refractivity contribution in [1.29, 1.82) is 0 Å². The molecule has 0 spiro atoms. The lowest BCUT2D eigenvalue weighted by Crippen LogP contribution is -2.36. The maximum Gasteiger partial charge on any atom is 0.163 e. The fourth-order valence-electron chi connectivity index (χ4n) is 2.38. The molecular weight excluding hydrogens is 276 g/mol. The molecule has 0 saturated carbocycles. The minimum atomic E-state index is 0. The van der Waals surface area contributed by atoms with Crippen molar-refractivity contribution >= 4 is 18.2 Å². The summed E-state index contributed by atoms with van der Waals surface area (Å²) in [5.74, 6) is 0.733. The van der Waals surface area contributed by atoms with E-state index in [1.165, 1.54) is 6.42 Å². The minimum absolute atomic E-state index is 0. The third kappa shape index (κ3) is 4.47. The maximum absolute atomic E-state index is 11.5. The van der Waals surface area contributed by atoms with Gasteiger partial charge in [0, 0.05) is 19.1 Å². The van der Waals surface area contributed by atoms with Gasteiger partial charge >= 0.3 is 0 Å². The molecule has 1 aliphatic rings. The smallest absolute Gasteiger partial charge is 0.163 e. The molecule has 20 heavy (non-hydrogen) atoms. The standard InChI is InChI=1S/C15H22N2O2.ClH/c1-12(18)14-5-3-4-6-15(14)19-10-9-17(2)13-7-8-16-11-13;/h3-6,13,16H,7-11H2,1-2H3;1H. The molecule has 1 unspecified atom stereocenters. The summed E-state index contributed by atoms with van der Waals surface area (Å²) in [5, 5.41) is 3.36. The summed E-state index contributed by atoms with van der Waals surface area (Å²) in [6, 6.07) is 8.02. The first kappa shape index (κ1) is 17.0. The summed E-state index contributed by atoms with van der Waals surface area (Å²) in [6.45, 7) is 5.21. The van der Waals surface area contributed by atoms with Gasteiger partial charge in [-0.25, -0.2) is 0 Å². The van der Waals surface area contributed by atoms with Gasteiger partial charge in [0.1, 0.15) is 12.4 Å². The molecule has 1 saturated heterocycles. The summed E-state index contributed by atoms with van der Waals surface area (Å²) in [4.78, 5) is 13.8. The Hall–Kier alpha value is -1.10. The number of halogens is 1. The first-order valence-corrected chi connectivity index (χ1v) is 6.82. The fraction of sp³-hybridized carbons (Fsp3) is 0.533. The average Bonchev–Trinajstić information content (AvgIpc) is 2.93. The molecule has 1 aliphatic heterocycles. The van der Waals surface area contributed by atoms with Crippen molar-refractivity contribution in [2.75, 3.05) is 33.3 Å². The van der Waals surface area contributed by atoms with Crippen LogP contribution in [0.5, 0.6) is 5.75 Å². The summed E-state index contributed by atoms with van der Waals surface area (Å²) in [6.07, 6.45) is 1.19. The van der Waals surface area contributed by atoms with Crippen LogP contribution in [-0.2, 0) is 0 Å². The maximum atomic E-state index is 11.5. The van der Waals surface area contributed by atoms with E-state index in [0.29, 0.717) is 24.0 Å². The van der Waals surface area contributed by atoms with Crippen molar-refractivity contribution in [1.82, 2.24) is 10.2 Å². The molecule has 112 valence electrons. The second kappa shape index (κ2) is 8.25. The van der Waals surface area contributed by atoms with Crippen LogP contribution in [0.2, 0.25) is 0 Å². The lowest BCUT2D eigenvalue weighted by molar-refractivity contribution is 0.101. The minimum Gasteiger partial charge on any atom is -0.491 e. The number of Topliss-reactive ketones (excluding diaryl/α,β-unsaturated/α-hetero) is 1. The number of nitrogens with zero attached hydrogens (tertiary/aromatic N) is 1. The van der Waals surface area contributed by atoms with E-state index < -0.39 is 0 Å². The molecule has 0 aromatic heterocycles. The van der Waals surface area contributed by atoms with Crippen molar-refractivity contribution < 1.29 is 9.53 Å². The number of likely N-dealkylation sites (N-methyl/N-ethyl adjacent to an activating group) is 1. The number of hydrogen-bond donors (Lipinski definition) is 1. The molecule has 1 heterocycles. The Labute approximate surface area is 126 Å². The van der Waals surface area contributed by atoms with Crippen molar-refractivity contribution in [3.05, 3.63) is 29.8 Å². The molecule has 1 aromatic carbocycles. The predicted octanol–water partition coefficient (Wildman–Crippen LogP) is 1.98. The summed E-state index contributed by atoms with van der Waals surface area (Å²) < 4.78 is 5.75. The quantitative estimate of drug-likeness (QED) is 0.816. The number of nitrogens with one attached hydrogen (secondary N) is 1. The number of para-hydroxylation sites is 1. The lowest BCUT2D eigenvalue weighted by Gasteiger charge is -2.23. The van der Waals surface area contributed by atoms with Gasteiger partial charge in [0.25, 0.3) is 0 Å². The first-order chi connectivity index (χ1) is 9.18. The highest BCUT2D eigenvalue weighted by atomic mass is 35.5. The van der Waals surface area contributed by atoms with Crippen LogP contribution in [0.15, 0.2) is 24.3 Å². The molecule has 1 N–H and O–H groups in total. The van der Waals surface area contributed by atoms with E-state index in [2.05, 4.69) is 17.3 Å². The summed E-state index contributed by atoms with van der Waals surface area (Å²) in [5.41, 5.74) is 0.660. The van der Waals surface area contributed by atoms with Crippen LogP contribution in [-0.4, -0.2) is 50.0 Å². The normalized spacial score (nSPS) is 17.9. The Morgan fingerprint density at radius 3 is 2.85 bits per heavy atom. The van der Waals surface area contributed by atoms with Crippen LogP contribution in [0, 0.1) is 0 Å². The molecule has 1 atom stereocenters. The molecule has 5 heteroatoms. The highest BCUT2D eigenvalue weighted by molar-refractivity contribution is 5.96.